The van der Waals surface area contributed by atoms with Gasteiger partial charge >= 0.3 is 0 Å². The number of rotatable bonds is 5. The van der Waals surface area contributed by atoms with E-state index in [2.05, 4.69) is 64.4 Å². The van der Waals surface area contributed by atoms with Gasteiger partial charge in [-0.05, 0) is 60.7 Å². The van der Waals surface area contributed by atoms with E-state index in [-0.39, 0.29) is 0 Å². The minimum atomic E-state index is 0.448. The van der Waals surface area contributed by atoms with Crippen LogP contribution >= 0.6 is 11.6 Å². The Labute approximate surface area is 197 Å². The summed E-state index contributed by atoms with van der Waals surface area (Å²) in [7, 11) is 0. The van der Waals surface area contributed by atoms with E-state index >= 15 is 0 Å². The maximum atomic E-state index is 6.04. The summed E-state index contributed by atoms with van der Waals surface area (Å²) in [6.45, 7) is 4.81. The lowest BCUT2D eigenvalue weighted by Crippen LogP contribution is -2.03. The zero-order valence-corrected chi connectivity index (χ0v) is 19.1. The van der Waals surface area contributed by atoms with Crippen molar-refractivity contribution in [2.45, 2.75) is 20.4 Å². The van der Waals surface area contributed by atoms with E-state index in [0.717, 1.165) is 50.2 Å². The fourth-order valence-corrected chi connectivity index (χ4v) is 4.11. The minimum absolute atomic E-state index is 0.448. The lowest BCUT2D eigenvalue weighted by molar-refractivity contribution is 1.08. The van der Waals surface area contributed by atoms with Crippen LogP contribution < -0.4 is 5.32 Å². The molecule has 5 nitrogen and oxygen atoms in total. The van der Waals surface area contributed by atoms with Crippen LogP contribution in [-0.4, -0.2) is 19.9 Å². The molecular weight excluding hydrogens is 430 g/mol. The Morgan fingerprint density at radius 3 is 2.52 bits per heavy atom. The lowest BCUT2D eigenvalue weighted by Gasteiger charge is -2.12. The SMILES string of the molecule is Cc1cccc(-c2ncc(CNc3nccc4cc(-c5ccnc(Cl)c5)ncc34)cc2C)c1. The Morgan fingerprint density at radius 1 is 0.818 bits per heavy atom. The molecule has 0 bridgehead atoms. The first-order chi connectivity index (χ1) is 16.1. The van der Waals surface area contributed by atoms with Crippen molar-refractivity contribution in [1.82, 2.24) is 19.9 Å². The topological polar surface area (TPSA) is 63.6 Å². The molecular formula is C27H22ClN5. The Balaban J connectivity index is 1.38. The van der Waals surface area contributed by atoms with Gasteiger partial charge in [0.25, 0.3) is 0 Å². The van der Waals surface area contributed by atoms with Crippen molar-refractivity contribution in [3.8, 4) is 22.5 Å². The molecule has 1 N–H and O–H groups in total. The molecule has 33 heavy (non-hydrogen) atoms. The number of halogens is 1. The smallest absolute Gasteiger partial charge is 0.135 e. The molecule has 162 valence electrons. The number of fused-ring (bicyclic) bond motifs is 1. The molecule has 0 unspecified atom stereocenters. The summed E-state index contributed by atoms with van der Waals surface area (Å²) >= 11 is 6.04. The van der Waals surface area contributed by atoms with Crippen LogP contribution in [0.25, 0.3) is 33.3 Å². The number of nitrogens with one attached hydrogen (secondary N) is 1. The predicted molar refractivity (Wildman–Crippen MR) is 134 cm³/mol. The average Bonchev–Trinajstić information content (AvgIpc) is 2.82. The first kappa shape index (κ1) is 21.0. The van der Waals surface area contributed by atoms with E-state index in [1.54, 1.807) is 12.4 Å². The lowest BCUT2D eigenvalue weighted by atomic mass is 10.0. The van der Waals surface area contributed by atoms with Gasteiger partial charge in [-0.15, -0.1) is 0 Å². The van der Waals surface area contributed by atoms with Gasteiger partial charge in [-0.3, -0.25) is 9.97 Å². The molecule has 0 spiro atoms. The van der Waals surface area contributed by atoms with Crippen molar-refractivity contribution in [1.29, 1.82) is 0 Å². The van der Waals surface area contributed by atoms with Gasteiger partial charge in [-0.25, -0.2) is 9.97 Å². The van der Waals surface area contributed by atoms with Gasteiger partial charge in [0, 0.05) is 47.8 Å². The Kier molecular flexibility index (Phi) is 5.71. The van der Waals surface area contributed by atoms with E-state index in [1.165, 1.54) is 5.56 Å². The Bertz CT molecular complexity index is 1460. The molecule has 6 heteroatoms. The molecule has 0 atom stereocenters. The van der Waals surface area contributed by atoms with Gasteiger partial charge in [0.15, 0.2) is 0 Å². The number of pyridine rings is 4. The monoisotopic (exact) mass is 451 g/mol. The first-order valence-electron chi connectivity index (χ1n) is 10.7. The molecule has 0 saturated heterocycles. The van der Waals surface area contributed by atoms with Crippen LogP contribution in [0.15, 0.2) is 79.4 Å². The Morgan fingerprint density at radius 2 is 1.70 bits per heavy atom. The molecule has 0 aliphatic rings. The molecule has 0 fully saturated rings. The number of aromatic nitrogens is 4. The molecule has 0 radical (unpaired) electrons. The highest BCUT2D eigenvalue weighted by atomic mass is 35.5. The van der Waals surface area contributed by atoms with Crippen LogP contribution in [0.4, 0.5) is 5.82 Å². The largest absolute Gasteiger partial charge is 0.365 e. The summed E-state index contributed by atoms with van der Waals surface area (Å²) in [5, 5.41) is 5.90. The fraction of sp³-hybridized carbons (Fsp3) is 0.111. The van der Waals surface area contributed by atoms with E-state index in [0.29, 0.717) is 11.7 Å². The maximum absolute atomic E-state index is 6.04. The zero-order chi connectivity index (χ0) is 22.8. The number of hydrogen-bond acceptors (Lipinski definition) is 5. The van der Waals surface area contributed by atoms with Gasteiger partial charge in [-0.2, -0.15) is 0 Å². The van der Waals surface area contributed by atoms with Crippen LogP contribution in [0.5, 0.6) is 0 Å². The normalized spacial score (nSPS) is 11.0. The molecule has 0 aliphatic carbocycles. The molecule has 4 aromatic heterocycles. The molecule has 0 amide bonds. The third-order valence-electron chi connectivity index (χ3n) is 5.56. The summed E-state index contributed by atoms with van der Waals surface area (Å²) in [6.07, 6.45) is 7.26. The van der Waals surface area contributed by atoms with Crippen LogP contribution in [0.3, 0.4) is 0 Å². The third kappa shape index (κ3) is 4.54. The molecule has 5 aromatic rings. The molecule has 4 heterocycles. The summed E-state index contributed by atoms with van der Waals surface area (Å²) in [6, 6.07) is 18.3. The van der Waals surface area contributed by atoms with Gasteiger partial charge < -0.3 is 5.32 Å². The number of hydrogen-bond donors (Lipinski definition) is 1. The second kappa shape index (κ2) is 8.96. The molecule has 1 aromatic carbocycles. The van der Waals surface area contributed by atoms with Crippen molar-refractivity contribution in [2.75, 3.05) is 5.32 Å². The van der Waals surface area contributed by atoms with Gasteiger partial charge in [-0.1, -0.05) is 41.4 Å². The predicted octanol–water partition coefficient (Wildman–Crippen LogP) is 6.64. The van der Waals surface area contributed by atoms with Gasteiger partial charge in [0.2, 0.25) is 0 Å². The number of nitrogens with zero attached hydrogens (tertiary/aromatic N) is 4. The highest BCUT2D eigenvalue weighted by molar-refractivity contribution is 6.29. The van der Waals surface area contributed by atoms with Crippen molar-refractivity contribution in [2.24, 2.45) is 0 Å². The van der Waals surface area contributed by atoms with Crippen molar-refractivity contribution in [3.05, 3.63) is 101 Å². The van der Waals surface area contributed by atoms with Crippen LogP contribution in [0.2, 0.25) is 5.15 Å². The fourth-order valence-electron chi connectivity index (χ4n) is 3.94. The molecule has 0 saturated carbocycles. The van der Waals surface area contributed by atoms with E-state index in [4.69, 9.17) is 16.6 Å². The van der Waals surface area contributed by atoms with E-state index in [1.807, 2.05) is 36.7 Å². The highest BCUT2D eigenvalue weighted by Gasteiger charge is 2.09. The Hall–Kier alpha value is -3.83. The van der Waals surface area contributed by atoms with Gasteiger partial charge in [0.1, 0.15) is 11.0 Å². The molecule has 0 aliphatic heterocycles. The summed E-state index contributed by atoms with van der Waals surface area (Å²) < 4.78 is 0. The summed E-state index contributed by atoms with van der Waals surface area (Å²) in [4.78, 5) is 17.9. The first-order valence-corrected chi connectivity index (χ1v) is 11.1. The van der Waals surface area contributed by atoms with Gasteiger partial charge in [0.05, 0.1) is 11.4 Å². The summed E-state index contributed by atoms with van der Waals surface area (Å²) in [5.41, 5.74) is 7.39. The quantitative estimate of drug-likeness (QED) is 0.303. The standard InChI is InChI=1S/C27H22ClN5/c1-17-4-3-5-22(10-17)26-18(2)11-19(14-32-26)15-33-27-23-16-31-24(12-20(23)6-9-30-27)21-7-8-29-25(28)13-21/h3-14,16H,15H2,1-2H3,(H,30,33). The highest BCUT2D eigenvalue weighted by Crippen LogP contribution is 2.27. The van der Waals surface area contributed by atoms with Crippen molar-refractivity contribution in [3.63, 3.8) is 0 Å². The number of benzene rings is 1. The minimum Gasteiger partial charge on any atom is -0.365 e. The van der Waals surface area contributed by atoms with Crippen molar-refractivity contribution >= 4 is 28.2 Å². The number of anilines is 1. The average molecular weight is 452 g/mol. The van der Waals surface area contributed by atoms with Crippen LogP contribution in [0.1, 0.15) is 16.7 Å². The van der Waals surface area contributed by atoms with E-state index < -0.39 is 0 Å². The third-order valence-corrected chi connectivity index (χ3v) is 5.76. The van der Waals surface area contributed by atoms with Crippen LogP contribution in [-0.2, 0) is 6.54 Å². The molecule has 5 rings (SSSR count). The van der Waals surface area contributed by atoms with Crippen molar-refractivity contribution < 1.29 is 0 Å². The maximum Gasteiger partial charge on any atom is 0.135 e. The number of aryl methyl sites for hydroxylation is 2. The second-order valence-electron chi connectivity index (χ2n) is 8.05. The summed E-state index contributed by atoms with van der Waals surface area (Å²) in [5.74, 6) is 0.791. The second-order valence-corrected chi connectivity index (χ2v) is 8.44. The van der Waals surface area contributed by atoms with Crippen LogP contribution in [0, 0.1) is 13.8 Å². The zero-order valence-electron chi connectivity index (χ0n) is 18.4. The van der Waals surface area contributed by atoms with E-state index in [9.17, 15) is 0 Å².